The molecule has 0 amide bonds. The Kier molecular flexibility index (Phi) is 3.54. The largest absolute Gasteiger partial charge is 0.300 e. The molecule has 1 aliphatic rings. The lowest BCUT2D eigenvalue weighted by atomic mass is 10.1. The van der Waals surface area contributed by atoms with Crippen LogP contribution in [0.3, 0.4) is 0 Å². The number of benzene rings is 1. The van der Waals surface area contributed by atoms with Gasteiger partial charge in [0, 0.05) is 12.5 Å². The van der Waals surface area contributed by atoms with E-state index in [4.69, 9.17) is 5.14 Å². The zero-order valence-electron chi connectivity index (χ0n) is 11.9. The SMILES string of the molecule is CCCn1c(C2Cc3ccccc3C2)nnc1S(N)(=O)=O. The van der Waals surface area contributed by atoms with E-state index in [2.05, 4.69) is 22.3 Å². The summed E-state index contributed by atoms with van der Waals surface area (Å²) >= 11 is 0. The Morgan fingerprint density at radius 1 is 1.24 bits per heavy atom. The third-order valence-electron chi connectivity index (χ3n) is 3.86. The van der Waals surface area contributed by atoms with Crippen molar-refractivity contribution in [3.05, 3.63) is 41.2 Å². The van der Waals surface area contributed by atoms with Gasteiger partial charge in [0.05, 0.1) is 0 Å². The van der Waals surface area contributed by atoms with E-state index in [1.165, 1.54) is 11.1 Å². The lowest BCUT2D eigenvalue weighted by molar-refractivity contribution is 0.529. The van der Waals surface area contributed by atoms with Gasteiger partial charge in [-0.25, -0.2) is 13.6 Å². The second-order valence-corrected chi connectivity index (χ2v) is 6.87. The van der Waals surface area contributed by atoms with Crippen LogP contribution in [0.1, 0.15) is 36.2 Å². The highest BCUT2D eigenvalue weighted by atomic mass is 32.2. The Labute approximate surface area is 124 Å². The molecule has 7 heteroatoms. The Balaban J connectivity index is 1.99. The van der Waals surface area contributed by atoms with Crippen molar-refractivity contribution in [2.24, 2.45) is 5.14 Å². The van der Waals surface area contributed by atoms with E-state index in [-0.39, 0.29) is 11.1 Å². The van der Waals surface area contributed by atoms with Gasteiger partial charge in [-0.2, -0.15) is 0 Å². The summed E-state index contributed by atoms with van der Waals surface area (Å²) in [4.78, 5) is 0. The standard InChI is InChI=1S/C14H18N4O2S/c1-2-7-18-13(16-17-14(18)21(15,19)20)12-8-10-5-3-4-6-11(10)9-12/h3-6,12H,2,7-9H2,1H3,(H2,15,19,20). The fraction of sp³-hybridized carbons (Fsp3) is 0.429. The smallest absolute Gasteiger partial charge is 0.273 e. The molecule has 2 aromatic rings. The number of fused-ring (bicyclic) bond motifs is 1. The van der Waals surface area contributed by atoms with Crippen molar-refractivity contribution in [3.63, 3.8) is 0 Å². The molecule has 0 unspecified atom stereocenters. The molecule has 1 aromatic heterocycles. The van der Waals surface area contributed by atoms with Crippen molar-refractivity contribution in [1.29, 1.82) is 0 Å². The first kappa shape index (κ1) is 14.2. The maximum Gasteiger partial charge on any atom is 0.273 e. The summed E-state index contributed by atoms with van der Waals surface area (Å²) in [7, 11) is -3.84. The van der Waals surface area contributed by atoms with Gasteiger partial charge in [0.1, 0.15) is 5.82 Å². The summed E-state index contributed by atoms with van der Waals surface area (Å²) in [5.74, 6) is 0.883. The molecule has 0 fully saturated rings. The summed E-state index contributed by atoms with van der Waals surface area (Å²) in [5, 5.41) is 13.0. The average molecular weight is 306 g/mol. The van der Waals surface area contributed by atoms with Crippen molar-refractivity contribution in [2.45, 2.75) is 43.8 Å². The first-order valence-corrected chi connectivity index (χ1v) is 8.58. The van der Waals surface area contributed by atoms with E-state index in [0.29, 0.717) is 6.54 Å². The molecular formula is C14H18N4O2S. The maximum absolute atomic E-state index is 11.6. The summed E-state index contributed by atoms with van der Waals surface area (Å²) in [6.07, 6.45) is 2.53. The molecule has 0 atom stereocenters. The van der Waals surface area contributed by atoms with Crippen LogP contribution in [0.2, 0.25) is 0 Å². The van der Waals surface area contributed by atoms with Gasteiger partial charge in [-0.1, -0.05) is 31.2 Å². The van der Waals surface area contributed by atoms with Gasteiger partial charge < -0.3 is 4.57 Å². The minimum Gasteiger partial charge on any atom is -0.300 e. The van der Waals surface area contributed by atoms with E-state index < -0.39 is 10.0 Å². The number of rotatable bonds is 4. The highest BCUT2D eigenvalue weighted by Crippen LogP contribution is 2.33. The average Bonchev–Trinajstić information content (AvgIpc) is 3.01. The quantitative estimate of drug-likeness (QED) is 0.919. The van der Waals surface area contributed by atoms with Gasteiger partial charge in [-0.3, -0.25) is 0 Å². The van der Waals surface area contributed by atoms with E-state index >= 15 is 0 Å². The van der Waals surface area contributed by atoms with Gasteiger partial charge in [0.25, 0.3) is 15.2 Å². The lowest BCUT2D eigenvalue weighted by Crippen LogP contribution is -2.20. The van der Waals surface area contributed by atoms with Crippen molar-refractivity contribution < 1.29 is 8.42 Å². The van der Waals surface area contributed by atoms with Gasteiger partial charge in [0.15, 0.2) is 0 Å². The molecule has 0 bridgehead atoms. The molecule has 0 aliphatic heterocycles. The number of nitrogens with zero attached hydrogens (tertiary/aromatic N) is 3. The van der Waals surface area contributed by atoms with Gasteiger partial charge >= 0.3 is 0 Å². The molecule has 0 saturated heterocycles. The minimum atomic E-state index is -3.84. The first-order valence-electron chi connectivity index (χ1n) is 7.03. The second kappa shape index (κ2) is 5.23. The molecule has 3 rings (SSSR count). The number of hydrogen-bond donors (Lipinski definition) is 1. The molecule has 112 valence electrons. The predicted octanol–water partition coefficient (Wildman–Crippen LogP) is 1.22. The normalized spacial score (nSPS) is 15.3. The van der Waals surface area contributed by atoms with Crippen molar-refractivity contribution >= 4 is 10.0 Å². The van der Waals surface area contributed by atoms with Crippen LogP contribution in [0.5, 0.6) is 0 Å². The van der Waals surface area contributed by atoms with E-state index in [1.807, 2.05) is 19.1 Å². The summed E-state index contributed by atoms with van der Waals surface area (Å²) < 4.78 is 24.9. The van der Waals surface area contributed by atoms with Crippen molar-refractivity contribution in [1.82, 2.24) is 14.8 Å². The molecule has 6 nitrogen and oxygen atoms in total. The fourth-order valence-electron chi connectivity index (χ4n) is 2.99. The Hall–Kier alpha value is -1.73. The predicted molar refractivity (Wildman–Crippen MR) is 78.3 cm³/mol. The zero-order chi connectivity index (χ0) is 15.0. The van der Waals surface area contributed by atoms with E-state index in [0.717, 1.165) is 25.1 Å². The van der Waals surface area contributed by atoms with Crippen LogP contribution in [-0.2, 0) is 29.4 Å². The van der Waals surface area contributed by atoms with E-state index in [1.54, 1.807) is 4.57 Å². The monoisotopic (exact) mass is 306 g/mol. The summed E-state index contributed by atoms with van der Waals surface area (Å²) in [6, 6.07) is 8.26. The Morgan fingerprint density at radius 3 is 2.38 bits per heavy atom. The number of sulfonamides is 1. The number of nitrogens with two attached hydrogens (primary N) is 1. The third-order valence-corrected chi connectivity index (χ3v) is 4.67. The molecule has 1 aliphatic carbocycles. The van der Waals surface area contributed by atoms with Crippen LogP contribution in [0, 0.1) is 0 Å². The number of primary sulfonamides is 1. The molecule has 0 saturated carbocycles. The zero-order valence-corrected chi connectivity index (χ0v) is 12.7. The highest BCUT2D eigenvalue weighted by molar-refractivity contribution is 7.89. The number of hydrogen-bond acceptors (Lipinski definition) is 4. The van der Waals surface area contributed by atoms with E-state index in [9.17, 15) is 8.42 Å². The Morgan fingerprint density at radius 2 is 1.86 bits per heavy atom. The molecule has 1 aromatic carbocycles. The molecule has 2 N–H and O–H groups in total. The van der Waals surface area contributed by atoms with Crippen LogP contribution in [0.15, 0.2) is 29.4 Å². The van der Waals surface area contributed by atoms with Crippen LogP contribution in [0.25, 0.3) is 0 Å². The number of aromatic nitrogens is 3. The third kappa shape index (κ3) is 2.58. The maximum atomic E-state index is 11.6. The molecule has 0 radical (unpaired) electrons. The van der Waals surface area contributed by atoms with Crippen molar-refractivity contribution in [3.8, 4) is 0 Å². The van der Waals surface area contributed by atoms with Crippen LogP contribution in [0.4, 0.5) is 0 Å². The van der Waals surface area contributed by atoms with Crippen LogP contribution < -0.4 is 5.14 Å². The second-order valence-electron chi connectivity index (χ2n) is 5.41. The topological polar surface area (TPSA) is 90.9 Å². The fourth-order valence-corrected chi connectivity index (χ4v) is 3.63. The molecular weight excluding hydrogens is 288 g/mol. The first-order chi connectivity index (χ1) is 10.0. The summed E-state index contributed by atoms with van der Waals surface area (Å²) in [5.41, 5.74) is 2.59. The van der Waals surface area contributed by atoms with Crippen molar-refractivity contribution in [2.75, 3.05) is 0 Å². The van der Waals surface area contributed by atoms with Gasteiger partial charge in [-0.15, -0.1) is 10.2 Å². The van der Waals surface area contributed by atoms with Crippen LogP contribution >= 0.6 is 0 Å². The van der Waals surface area contributed by atoms with Gasteiger partial charge in [-0.05, 0) is 30.4 Å². The highest BCUT2D eigenvalue weighted by Gasteiger charge is 2.30. The summed E-state index contributed by atoms with van der Waals surface area (Å²) in [6.45, 7) is 2.54. The minimum absolute atomic E-state index is 0.129. The van der Waals surface area contributed by atoms with Crippen LogP contribution in [-0.4, -0.2) is 23.2 Å². The molecule has 1 heterocycles. The Bertz CT molecular complexity index is 742. The van der Waals surface area contributed by atoms with Gasteiger partial charge in [0.2, 0.25) is 0 Å². The molecule has 0 spiro atoms. The lowest BCUT2D eigenvalue weighted by Gasteiger charge is -2.12. The molecule has 21 heavy (non-hydrogen) atoms.